The van der Waals surface area contributed by atoms with Crippen LogP contribution in [0.1, 0.15) is 25.7 Å². The standard InChI is InChI=1S/2C19H20ClNO6S/c2*20-14-1-3-15(4-2-14)27-16-5-7-17(8-6-16)28(24,25)13-19(18(22)21-23)9-11-26-12-10-19/h2*1-8,23H,9-13H2,(H,21,22). The molecule has 2 saturated heterocycles. The first-order chi connectivity index (χ1) is 26.7. The molecule has 14 nitrogen and oxygen atoms in total. The molecule has 0 aromatic heterocycles. The average molecular weight is 852 g/mol. The van der Waals surface area contributed by atoms with Crippen molar-refractivity contribution in [2.75, 3.05) is 37.9 Å². The first-order valence-electron chi connectivity index (χ1n) is 17.3. The zero-order chi connectivity index (χ0) is 40.4. The van der Waals surface area contributed by atoms with Crippen molar-refractivity contribution in [3.8, 4) is 23.0 Å². The summed E-state index contributed by atoms with van der Waals surface area (Å²) in [6.45, 7) is 1.04. The van der Waals surface area contributed by atoms with Crippen molar-refractivity contribution in [3.63, 3.8) is 0 Å². The monoisotopic (exact) mass is 850 g/mol. The third kappa shape index (κ3) is 11.0. The minimum atomic E-state index is -3.77. The largest absolute Gasteiger partial charge is 0.457 e. The molecule has 300 valence electrons. The van der Waals surface area contributed by atoms with Crippen LogP contribution >= 0.6 is 23.2 Å². The van der Waals surface area contributed by atoms with E-state index in [4.69, 9.17) is 52.6 Å². The number of nitrogens with one attached hydrogen (secondary N) is 2. The number of hydrogen-bond acceptors (Lipinski definition) is 12. The molecule has 0 unspecified atom stereocenters. The third-order valence-corrected chi connectivity index (χ3v) is 13.8. The van der Waals surface area contributed by atoms with E-state index >= 15 is 0 Å². The van der Waals surface area contributed by atoms with E-state index in [9.17, 15) is 26.4 Å². The lowest BCUT2D eigenvalue weighted by Gasteiger charge is -2.34. The Morgan fingerprint density at radius 2 is 0.804 bits per heavy atom. The second-order valence-electron chi connectivity index (χ2n) is 13.2. The van der Waals surface area contributed by atoms with E-state index in [2.05, 4.69) is 0 Å². The smallest absolute Gasteiger partial charge is 0.250 e. The summed E-state index contributed by atoms with van der Waals surface area (Å²) in [6.07, 6.45) is 0.875. The Morgan fingerprint density at radius 3 is 1.07 bits per heavy atom. The van der Waals surface area contributed by atoms with Crippen molar-refractivity contribution in [1.82, 2.24) is 11.0 Å². The first-order valence-corrected chi connectivity index (χ1v) is 21.3. The van der Waals surface area contributed by atoms with E-state index in [0.29, 0.717) is 33.0 Å². The summed E-state index contributed by atoms with van der Waals surface area (Å²) in [5.74, 6) is -0.156. The molecule has 0 atom stereocenters. The number of hydrogen-bond donors (Lipinski definition) is 4. The van der Waals surface area contributed by atoms with Crippen molar-refractivity contribution in [2.24, 2.45) is 10.8 Å². The number of amides is 2. The van der Waals surface area contributed by atoms with E-state index in [1.54, 1.807) is 83.8 Å². The molecule has 4 N–H and O–H groups in total. The molecule has 0 saturated carbocycles. The Bertz CT molecular complexity index is 2000. The summed E-state index contributed by atoms with van der Waals surface area (Å²) in [4.78, 5) is 24.5. The number of sulfone groups is 2. The van der Waals surface area contributed by atoms with Gasteiger partial charge in [-0.2, -0.15) is 0 Å². The van der Waals surface area contributed by atoms with Crippen molar-refractivity contribution >= 4 is 54.7 Å². The summed E-state index contributed by atoms with van der Waals surface area (Å²) in [6, 6.07) is 25.5. The van der Waals surface area contributed by atoms with E-state index in [0.717, 1.165) is 0 Å². The van der Waals surface area contributed by atoms with Crippen molar-refractivity contribution in [2.45, 2.75) is 35.5 Å². The number of rotatable bonds is 12. The predicted molar refractivity (Wildman–Crippen MR) is 205 cm³/mol. The SMILES string of the molecule is O=C(NO)C1(CS(=O)(=O)c2ccc(Oc3ccc(Cl)cc3)cc2)CCOCC1.O=C(NO)C1(CS(=O)(=O)c2ccc(Oc3ccc(Cl)cc3)cc2)CCOCC1. The van der Waals surface area contributed by atoms with Gasteiger partial charge in [-0.15, -0.1) is 0 Å². The zero-order valence-corrected chi connectivity index (χ0v) is 33.0. The molecular weight excluding hydrogens is 811 g/mol. The van der Waals surface area contributed by atoms with Crippen LogP contribution in [0.4, 0.5) is 0 Å². The third-order valence-electron chi connectivity index (χ3n) is 9.46. The Labute approximate surface area is 334 Å². The number of halogens is 2. The minimum absolute atomic E-state index is 0.0764. The van der Waals surface area contributed by atoms with Crippen LogP contribution < -0.4 is 20.4 Å². The van der Waals surface area contributed by atoms with Gasteiger partial charge >= 0.3 is 0 Å². The molecule has 4 aromatic carbocycles. The highest BCUT2D eigenvalue weighted by atomic mass is 35.5. The van der Waals surface area contributed by atoms with E-state index in [1.807, 2.05) is 0 Å². The van der Waals surface area contributed by atoms with Crippen molar-refractivity contribution < 1.29 is 55.8 Å². The van der Waals surface area contributed by atoms with Gasteiger partial charge in [0.05, 0.1) is 32.1 Å². The lowest BCUT2D eigenvalue weighted by molar-refractivity contribution is -0.144. The fourth-order valence-electron chi connectivity index (χ4n) is 6.24. The van der Waals surface area contributed by atoms with Gasteiger partial charge in [0.15, 0.2) is 19.7 Å². The molecule has 0 spiro atoms. The van der Waals surface area contributed by atoms with E-state index in [1.165, 1.54) is 24.3 Å². The quantitative estimate of drug-likeness (QED) is 0.0902. The fraction of sp³-hybridized carbons (Fsp3) is 0.316. The minimum Gasteiger partial charge on any atom is -0.457 e. The van der Waals surface area contributed by atoms with Gasteiger partial charge in [-0.3, -0.25) is 20.0 Å². The summed E-state index contributed by atoms with van der Waals surface area (Å²) >= 11 is 11.7. The molecule has 0 aliphatic carbocycles. The summed E-state index contributed by atoms with van der Waals surface area (Å²) < 4.78 is 73.3. The maximum Gasteiger partial charge on any atom is 0.250 e. The normalized spacial score (nSPS) is 16.4. The van der Waals surface area contributed by atoms with Crippen LogP contribution in [0.3, 0.4) is 0 Å². The molecule has 2 fully saturated rings. The Kier molecular flexibility index (Phi) is 14.4. The number of hydroxylamine groups is 2. The Balaban J connectivity index is 0.000000214. The molecule has 4 aromatic rings. The van der Waals surface area contributed by atoms with Gasteiger partial charge in [0.2, 0.25) is 0 Å². The van der Waals surface area contributed by atoms with E-state index in [-0.39, 0.29) is 61.9 Å². The molecule has 0 bridgehead atoms. The highest BCUT2D eigenvalue weighted by Gasteiger charge is 2.45. The van der Waals surface area contributed by atoms with Gasteiger partial charge in [-0.25, -0.2) is 27.8 Å². The topological polar surface area (TPSA) is 204 Å². The molecule has 56 heavy (non-hydrogen) atoms. The lowest BCUT2D eigenvalue weighted by Crippen LogP contribution is -2.47. The Hall–Kier alpha value is -4.26. The van der Waals surface area contributed by atoms with Gasteiger partial charge in [0.1, 0.15) is 23.0 Å². The molecular formula is C38H40Cl2N2O12S2. The van der Waals surface area contributed by atoms with Crippen molar-refractivity contribution in [3.05, 3.63) is 107 Å². The molecule has 0 radical (unpaired) electrons. The molecule has 6 rings (SSSR count). The highest BCUT2D eigenvalue weighted by molar-refractivity contribution is 7.91. The molecule has 18 heteroatoms. The number of carbonyl (C=O) groups excluding carboxylic acids is 2. The number of ether oxygens (including phenoxy) is 4. The van der Waals surface area contributed by atoms with Gasteiger partial charge < -0.3 is 18.9 Å². The van der Waals surface area contributed by atoms with Crippen LogP contribution in [0.15, 0.2) is 107 Å². The molecule has 2 amide bonds. The Morgan fingerprint density at radius 1 is 0.536 bits per heavy atom. The zero-order valence-electron chi connectivity index (χ0n) is 29.9. The summed E-state index contributed by atoms with van der Waals surface area (Å²) in [7, 11) is -7.54. The lowest BCUT2D eigenvalue weighted by atomic mass is 9.81. The van der Waals surface area contributed by atoms with Gasteiger partial charge in [-0.1, -0.05) is 23.2 Å². The highest BCUT2D eigenvalue weighted by Crippen LogP contribution is 2.36. The fourth-order valence-corrected chi connectivity index (χ4v) is 10.2. The maximum absolute atomic E-state index is 12.9. The second-order valence-corrected chi connectivity index (χ2v) is 18.1. The van der Waals surface area contributed by atoms with Crippen LogP contribution in [0.2, 0.25) is 10.0 Å². The van der Waals surface area contributed by atoms with Crippen LogP contribution in [0, 0.1) is 10.8 Å². The molecule has 2 aliphatic rings. The molecule has 2 aliphatic heterocycles. The number of benzene rings is 4. The second kappa shape index (κ2) is 18.8. The molecule has 2 heterocycles. The first kappa shape index (κ1) is 42.9. The summed E-state index contributed by atoms with van der Waals surface area (Å²) in [5, 5.41) is 19.3. The van der Waals surface area contributed by atoms with Gasteiger partial charge in [-0.05, 0) is 123 Å². The predicted octanol–water partition coefficient (Wildman–Crippen LogP) is 6.42. The van der Waals surface area contributed by atoms with Crippen LogP contribution in [-0.4, -0.2) is 77.0 Å². The van der Waals surface area contributed by atoms with Crippen LogP contribution in [-0.2, 0) is 38.7 Å². The number of carbonyl (C=O) groups is 2. The van der Waals surface area contributed by atoms with E-state index < -0.39 is 53.8 Å². The van der Waals surface area contributed by atoms with Gasteiger partial charge in [0.25, 0.3) is 11.8 Å². The van der Waals surface area contributed by atoms with Crippen molar-refractivity contribution in [1.29, 1.82) is 0 Å². The van der Waals surface area contributed by atoms with Crippen LogP contribution in [0.5, 0.6) is 23.0 Å². The maximum atomic E-state index is 12.9. The van der Waals surface area contributed by atoms with Crippen LogP contribution in [0.25, 0.3) is 0 Å². The average Bonchev–Trinajstić information content (AvgIpc) is 3.20. The van der Waals surface area contributed by atoms with Gasteiger partial charge in [0, 0.05) is 36.5 Å². The summed E-state index contributed by atoms with van der Waals surface area (Å²) in [5.41, 5.74) is 0.767.